The van der Waals surface area contributed by atoms with Gasteiger partial charge < -0.3 is 10.2 Å². The van der Waals surface area contributed by atoms with Crippen molar-refractivity contribution in [3.05, 3.63) is 52.7 Å². The lowest BCUT2D eigenvalue weighted by atomic mass is 9.98. The molecule has 13 heteroatoms. The van der Waals surface area contributed by atoms with Gasteiger partial charge in [-0.05, 0) is 49.4 Å². The van der Waals surface area contributed by atoms with Crippen molar-refractivity contribution in [3.8, 4) is 0 Å². The van der Waals surface area contributed by atoms with Crippen LogP contribution in [0.15, 0.2) is 24.3 Å². The van der Waals surface area contributed by atoms with Crippen molar-refractivity contribution >= 4 is 27.4 Å². The molecule has 0 saturated carbocycles. The molecular formula is C23H27F5N4O3S. The number of hydrogen-bond donors (Lipinski definition) is 2. The highest BCUT2D eigenvalue weighted by Gasteiger charge is 2.34. The summed E-state index contributed by atoms with van der Waals surface area (Å²) in [6.45, 7) is 4.37. The molecule has 1 atom stereocenters. The highest BCUT2D eigenvalue weighted by molar-refractivity contribution is 7.92. The zero-order valence-electron chi connectivity index (χ0n) is 19.9. The average Bonchev–Trinajstić information content (AvgIpc) is 2.78. The van der Waals surface area contributed by atoms with Gasteiger partial charge in [0.05, 0.1) is 12.2 Å². The maximum absolute atomic E-state index is 14.3. The molecule has 1 amide bonds. The van der Waals surface area contributed by atoms with Crippen LogP contribution in [0.2, 0.25) is 0 Å². The van der Waals surface area contributed by atoms with E-state index in [1.807, 2.05) is 0 Å². The molecule has 1 fully saturated rings. The number of anilines is 2. The number of pyridine rings is 1. The van der Waals surface area contributed by atoms with Crippen LogP contribution in [0.3, 0.4) is 0 Å². The number of aromatic nitrogens is 1. The molecule has 2 heterocycles. The largest absolute Gasteiger partial charge is 0.433 e. The van der Waals surface area contributed by atoms with Crippen LogP contribution in [0.1, 0.15) is 49.4 Å². The van der Waals surface area contributed by atoms with E-state index in [0.717, 1.165) is 37.3 Å². The monoisotopic (exact) mass is 534 g/mol. The Labute approximate surface area is 206 Å². The van der Waals surface area contributed by atoms with Crippen molar-refractivity contribution in [1.29, 1.82) is 0 Å². The Morgan fingerprint density at radius 3 is 2.28 bits per heavy atom. The molecule has 1 aromatic carbocycles. The summed E-state index contributed by atoms with van der Waals surface area (Å²) in [7, 11) is -3.93. The first kappa shape index (κ1) is 27.6. The molecule has 0 spiro atoms. The summed E-state index contributed by atoms with van der Waals surface area (Å²) in [4.78, 5) is 18.3. The van der Waals surface area contributed by atoms with E-state index in [2.05, 4.69) is 17.2 Å². The van der Waals surface area contributed by atoms with Crippen LogP contribution in [0.25, 0.3) is 0 Å². The van der Waals surface area contributed by atoms with Gasteiger partial charge >= 0.3 is 6.18 Å². The first-order chi connectivity index (χ1) is 16.7. The fraction of sp³-hybridized carbons (Fsp3) is 0.478. The summed E-state index contributed by atoms with van der Waals surface area (Å²) in [5, 5.41) is 2.59. The third kappa shape index (κ3) is 6.83. The Balaban J connectivity index is 1.79. The number of nitrogens with zero attached hydrogens (tertiary/aromatic N) is 2. The number of carbonyl (C=O) groups excluding carboxylic acids is 1. The molecule has 198 valence electrons. The van der Waals surface area contributed by atoms with Gasteiger partial charge in [0.15, 0.2) is 11.6 Å². The van der Waals surface area contributed by atoms with Gasteiger partial charge in [-0.2, -0.15) is 13.2 Å². The minimum absolute atomic E-state index is 0.0441. The zero-order valence-corrected chi connectivity index (χ0v) is 20.7. The second-order valence-corrected chi connectivity index (χ2v) is 10.8. The van der Waals surface area contributed by atoms with Gasteiger partial charge in [-0.25, -0.2) is 22.2 Å². The predicted octanol–water partition coefficient (Wildman–Crippen LogP) is 4.41. The van der Waals surface area contributed by atoms with Crippen molar-refractivity contribution in [2.75, 3.05) is 29.0 Å². The molecule has 1 saturated heterocycles. The highest BCUT2D eigenvalue weighted by Crippen LogP contribution is 2.32. The minimum atomic E-state index is -4.62. The van der Waals surface area contributed by atoms with Crippen molar-refractivity contribution in [2.45, 2.75) is 45.3 Å². The van der Waals surface area contributed by atoms with E-state index in [-0.39, 0.29) is 17.9 Å². The molecule has 2 aromatic rings. The number of alkyl halides is 3. The lowest BCUT2D eigenvalue weighted by Gasteiger charge is -2.33. The average molecular weight is 535 g/mol. The number of sulfonamides is 1. The van der Waals surface area contributed by atoms with Gasteiger partial charge in [0, 0.05) is 25.2 Å². The van der Waals surface area contributed by atoms with E-state index in [1.165, 1.54) is 13.0 Å². The van der Waals surface area contributed by atoms with Crippen LogP contribution >= 0.6 is 0 Å². The minimum Gasteiger partial charge on any atom is -0.356 e. The van der Waals surface area contributed by atoms with E-state index < -0.39 is 51.0 Å². The number of amides is 1. The van der Waals surface area contributed by atoms with Crippen LogP contribution in [0, 0.1) is 17.6 Å². The number of halogens is 5. The number of carbonyl (C=O) groups is 1. The van der Waals surface area contributed by atoms with Crippen molar-refractivity contribution in [1.82, 2.24) is 10.3 Å². The van der Waals surface area contributed by atoms with Crippen molar-refractivity contribution in [3.63, 3.8) is 0 Å². The summed E-state index contributed by atoms with van der Waals surface area (Å²) in [6, 6.07) is 3.81. The van der Waals surface area contributed by atoms with Crippen LogP contribution in [-0.2, 0) is 27.5 Å². The third-order valence-corrected chi connectivity index (χ3v) is 6.60. The fourth-order valence-electron chi connectivity index (χ4n) is 3.88. The molecule has 7 nitrogen and oxygen atoms in total. The van der Waals surface area contributed by atoms with E-state index in [4.69, 9.17) is 0 Å². The Hall–Kier alpha value is -2.96. The number of benzene rings is 1. The summed E-state index contributed by atoms with van der Waals surface area (Å²) < 4.78 is 92.8. The maximum Gasteiger partial charge on any atom is 0.433 e. The molecule has 1 aromatic heterocycles. The molecule has 0 radical (unpaired) electrons. The lowest BCUT2D eigenvalue weighted by Crippen LogP contribution is -2.35. The zero-order chi connectivity index (χ0) is 26.8. The number of rotatable bonds is 7. The Kier molecular flexibility index (Phi) is 8.11. The summed E-state index contributed by atoms with van der Waals surface area (Å²) >= 11 is 0. The van der Waals surface area contributed by atoms with Crippen molar-refractivity contribution in [2.24, 2.45) is 5.92 Å². The number of piperidine rings is 1. The first-order valence-corrected chi connectivity index (χ1v) is 13.1. The Bertz CT molecular complexity index is 1210. The summed E-state index contributed by atoms with van der Waals surface area (Å²) in [5.74, 6) is -3.47. The Morgan fingerprint density at radius 1 is 1.17 bits per heavy atom. The molecule has 2 N–H and O–H groups in total. The maximum atomic E-state index is 14.3. The predicted molar refractivity (Wildman–Crippen MR) is 125 cm³/mol. The first-order valence-electron chi connectivity index (χ1n) is 11.2. The van der Waals surface area contributed by atoms with Gasteiger partial charge in [0.25, 0.3) is 0 Å². The smallest absolute Gasteiger partial charge is 0.356 e. The highest BCUT2D eigenvalue weighted by atomic mass is 32.2. The third-order valence-electron chi connectivity index (χ3n) is 6.03. The Morgan fingerprint density at radius 2 is 1.75 bits per heavy atom. The van der Waals surface area contributed by atoms with Crippen LogP contribution < -0.4 is 14.9 Å². The standard InChI is InChI=1S/C23H27F5N4O3S/c1-13-6-8-32(9-7-13)21-15(4-5-19(30-21)23(26,27)28)12-29-22(33)14(2)16-10-17(24)20(18(25)11-16)31-36(3,34)35/h4-5,10-11,13-14,31H,6-9,12H2,1-3H3,(H,29,33). The molecular weight excluding hydrogens is 507 g/mol. The summed E-state index contributed by atoms with van der Waals surface area (Å²) in [5.41, 5.74) is -1.56. The van der Waals surface area contributed by atoms with Gasteiger partial charge in [0.1, 0.15) is 17.2 Å². The van der Waals surface area contributed by atoms with Gasteiger partial charge in [-0.15, -0.1) is 0 Å². The van der Waals surface area contributed by atoms with Crippen molar-refractivity contribution < 1.29 is 35.2 Å². The molecule has 36 heavy (non-hydrogen) atoms. The van der Waals surface area contributed by atoms with Gasteiger partial charge in [-0.1, -0.05) is 13.0 Å². The van der Waals surface area contributed by atoms with Crippen LogP contribution in [0.4, 0.5) is 33.5 Å². The second-order valence-electron chi connectivity index (χ2n) is 9.02. The van der Waals surface area contributed by atoms with E-state index >= 15 is 0 Å². The molecule has 1 unspecified atom stereocenters. The van der Waals surface area contributed by atoms with E-state index in [0.29, 0.717) is 24.6 Å². The molecule has 3 rings (SSSR count). The van der Waals surface area contributed by atoms with Gasteiger partial charge in [-0.3, -0.25) is 9.52 Å². The fourth-order valence-corrected chi connectivity index (χ4v) is 4.45. The van der Waals surface area contributed by atoms with Crippen LogP contribution in [-0.4, -0.2) is 38.7 Å². The molecule has 1 aliphatic heterocycles. The second kappa shape index (κ2) is 10.6. The summed E-state index contributed by atoms with van der Waals surface area (Å²) in [6.07, 6.45) is -2.30. The van der Waals surface area contributed by atoms with E-state index in [1.54, 1.807) is 9.62 Å². The topological polar surface area (TPSA) is 91.4 Å². The number of nitrogens with one attached hydrogen (secondary N) is 2. The van der Waals surface area contributed by atoms with Gasteiger partial charge in [0.2, 0.25) is 15.9 Å². The molecule has 0 aliphatic carbocycles. The molecule has 0 bridgehead atoms. The number of hydrogen-bond acceptors (Lipinski definition) is 5. The lowest BCUT2D eigenvalue weighted by molar-refractivity contribution is -0.141. The molecule has 1 aliphatic rings. The van der Waals surface area contributed by atoms with Crippen LogP contribution in [0.5, 0.6) is 0 Å². The van der Waals surface area contributed by atoms with E-state index in [9.17, 15) is 35.2 Å². The normalized spacial score (nSPS) is 16.1. The SMILES string of the molecule is CC1CCN(c2nc(C(F)(F)F)ccc2CNC(=O)C(C)c2cc(F)c(NS(C)(=O)=O)c(F)c2)CC1. The quantitative estimate of drug-likeness (QED) is 0.514.